The van der Waals surface area contributed by atoms with Crippen LogP contribution in [0.1, 0.15) is 6.92 Å². The molecule has 0 bridgehead atoms. The highest BCUT2D eigenvalue weighted by Gasteiger charge is 2.17. The third-order valence-electron chi connectivity index (χ3n) is 2.51. The molecule has 1 aliphatic rings. The van der Waals surface area contributed by atoms with Crippen molar-refractivity contribution in [2.45, 2.75) is 13.0 Å². The van der Waals surface area contributed by atoms with Gasteiger partial charge >= 0.3 is 0 Å². The van der Waals surface area contributed by atoms with Crippen molar-refractivity contribution in [1.29, 1.82) is 0 Å². The van der Waals surface area contributed by atoms with Crippen LogP contribution in [0.5, 0.6) is 0 Å². The lowest BCUT2D eigenvalue weighted by atomic mass is 10.3. The van der Waals surface area contributed by atoms with Crippen LogP contribution in [0.2, 0.25) is 0 Å². The van der Waals surface area contributed by atoms with Gasteiger partial charge in [0.25, 0.3) is 0 Å². The number of pyridine rings is 1. The molecule has 15 heavy (non-hydrogen) atoms. The van der Waals surface area contributed by atoms with Gasteiger partial charge < -0.3 is 20.4 Å². The second-order valence-electron chi connectivity index (χ2n) is 3.77. The van der Waals surface area contributed by atoms with Crippen molar-refractivity contribution < 1.29 is 4.74 Å². The van der Waals surface area contributed by atoms with E-state index in [2.05, 4.69) is 9.88 Å². The van der Waals surface area contributed by atoms with Gasteiger partial charge in [-0.2, -0.15) is 0 Å². The normalized spacial score (nSPS) is 21.7. The predicted molar refractivity (Wildman–Crippen MR) is 59.1 cm³/mol. The fourth-order valence-corrected chi connectivity index (χ4v) is 1.69. The first-order valence-electron chi connectivity index (χ1n) is 5.01. The van der Waals surface area contributed by atoms with Crippen molar-refractivity contribution >= 4 is 11.5 Å². The highest BCUT2D eigenvalue weighted by atomic mass is 16.5. The second-order valence-corrected chi connectivity index (χ2v) is 3.77. The lowest BCUT2D eigenvalue weighted by Crippen LogP contribution is -2.41. The molecule has 0 unspecified atom stereocenters. The Bertz CT molecular complexity index is 402. The number of hydrogen-bond donors (Lipinski definition) is 2. The minimum atomic E-state index is -0.136. The van der Waals surface area contributed by atoms with E-state index in [9.17, 15) is 4.79 Å². The van der Waals surface area contributed by atoms with Gasteiger partial charge in [0.05, 0.1) is 18.4 Å². The molecule has 0 aromatic carbocycles. The van der Waals surface area contributed by atoms with Gasteiger partial charge in [-0.1, -0.05) is 0 Å². The third kappa shape index (κ3) is 2.12. The maximum absolute atomic E-state index is 11.4. The summed E-state index contributed by atoms with van der Waals surface area (Å²) in [7, 11) is 0. The van der Waals surface area contributed by atoms with E-state index in [1.54, 1.807) is 0 Å². The van der Waals surface area contributed by atoms with Gasteiger partial charge in [0.15, 0.2) is 0 Å². The van der Waals surface area contributed by atoms with Crippen LogP contribution < -0.4 is 16.1 Å². The Balaban J connectivity index is 2.21. The van der Waals surface area contributed by atoms with Crippen LogP contribution in [0.4, 0.5) is 11.5 Å². The molecule has 1 fully saturated rings. The molecule has 1 aromatic rings. The molecule has 5 heteroatoms. The first kappa shape index (κ1) is 10.0. The standard InChI is InChI=1S/C10H15N3O2/c1-7-6-13(2-3-15-7)10-4-9(14)8(11)5-12-10/h4-5,7H,2-3,6,11H2,1H3,(H,12,14)/t7-/m1/s1. The fourth-order valence-electron chi connectivity index (χ4n) is 1.69. The summed E-state index contributed by atoms with van der Waals surface area (Å²) in [5.41, 5.74) is 5.57. The quantitative estimate of drug-likeness (QED) is 0.692. The molecule has 82 valence electrons. The summed E-state index contributed by atoms with van der Waals surface area (Å²) in [6.07, 6.45) is 1.73. The number of hydrogen-bond acceptors (Lipinski definition) is 4. The van der Waals surface area contributed by atoms with Crippen LogP contribution >= 0.6 is 0 Å². The number of nitrogens with one attached hydrogen (secondary N) is 1. The lowest BCUT2D eigenvalue weighted by Gasteiger charge is -2.32. The molecule has 1 aromatic heterocycles. The van der Waals surface area contributed by atoms with E-state index in [4.69, 9.17) is 10.5 Å². The Morgan fingerprint density at radius 3 is 3.13 bits per heavy atom. The number of morpholine rings is 1. The van der Waals surface area contributed by atoms with Crippen molar-refractivity contribution in [2.75, 3.05) is 30.3 Å². The van der Waals surface area contributed by atoms with Gasteiger partial charge in [-0.15, -0.1) is 0 Å². The summed E-state index contributed by atoms with van der Waals surface area (Å²) in [5, 5.41) is 0. The van der Waals surface area contributed by atoms with Gasteiger partial charge in [-0.05, 0) is 6.92 Å². The summed E-state index contributed by atoms with van der Waals surface area (Å²) >= 11 is 0. The van der Waals surface area contributed by atoms with Crippen LogP contribution in [0.15, 0.2) is 17.1 Å². The van der Waals surface area contributed by atoms with E-state index in [0.717, 1.165) is 18.9 Å². The van der Waals surface area contributed by atoms with E-state index in [-0.39, 0.29) is 17.2 Å². The summed E-state index contributed by atoms with van der Waals surface area (Å²) in [6, 6.07) is 1.54. The summed E-state index contributed by atoms with van der Waals surface area (Å²) < 4.78 is 5.43. The van der Waals surface area contributed by atoms with Crippen LogP contribution in [0.3, 0.4) is 0 Å². The maximum atomic E-state index is 11.4. The van der Waals surface area contributed by atoms with Gasteiger partial charge in [0, 0.05) is 25.4 Å². The van der Waals surface area contributed by atoms with Gasteiger partial charge in [-0.25, -0.2) is 0 Å². The summed E-state index contributed by atoms with van der Waals surface area (Å²) in [4.78, 5) is 16.5. The monoisotopic (exact) mass is 209 g/mol. The number of aromatic amines is 1. The Hall–Kier alpha value is -1.49. The molecule has 0 radical (unpaired) electrons. The van der Waals surface area contributed by atoms with Crippen molar-refractivity contribution in [3.05, 3.63) is 22.5 Å². The van der Waals surface area contributed by atoms with E-state index < -0.39 is 0 Å². The predicted octanol–water partition coefficient (Wildman–Crippen LogP) is 0.182. The number of nitrogens with two attached hydrogens (primary N) is 1. The van der Waals surface area contributed by atoms with E-state index in [1.807, 2.05) is 6.92 Å². The fraction of sp³-hybridized carbons (Fsp3) is 0.500. The number of nitrogen functional groups attached to an aromatic ring is 1. The molecule has 2 heterocycles. The molecular weight excluding hydrogens is 194 g/mol. The molecule has 2 rings (SSSR count). The van der Waals surface area contributed by atoms with Crippen molar-refractivity contribution in [3.63, 3.8) is 0 Å². The van der Waals surface area contributed by atoms with Crippen molar-refractivity contribution in [2.24, 2.45) is 0 Å². The zero-order valence-electron chi connectivity index (χ0n) is 8.69. The van der Waals surface area contributed by atoms with Crippen LogP contribution in [0, 0.1) is 0 Å². The van der Waals surface area contributed by atoms with Gasteiger partial charge in [0.1, 0.15) is 5.82 Å². The smallest absolute Gasteiger partial charge is 0.206 e. The topological polar surface area (TPSA) is 71.3 Å². The third-order valence-corrected chi connectivity index (χ3v) is 2.51. The first-order valence-corrected chi connectivity index (χ1v) is 5.01. The molecular formula is C10H15N3O2. The first-order chi connectivity index (χ1) is 7.16. The zero-order chi connectivity index (χ0) is 10.8. The van der Waals surface area contributed by atoms with Crippen molar-refractivity contribution in [1.82, 2.24) is 4.98 Å². The Kier molecular flexibility index (Phi) is 2.64. The second kappa shape index (κ2) is 3.94. The molecule has 0 spiro atoms. The number of H-pyrrole nitrogens is 1. The van der Waals surface area contributed by atoms with Gasteiger partial charge in [0.2, 0.25) is 5.43 Å². The van der Waals surface area contributed by atoms with Crippen LogP contribution in [0.25, 0.3) is 0 Å². The lowest BCUT2D eigenvalue weighted by molar-refractivity contribution is 0.0529. The maximum Gasteiger partial charge on any atom is 0.206 e. The molecule has 1 atom stereocenters. The average Bonchev–Trinajstić information content (AvgIpc) is 2.22. The largest absolute Gasteiger partial charge is 0.394 e. The zero-order valence-corrected chi connectivity index (χ0v) is 8.69. The van der Waals surface area contributed by atoms with Gasteiger partial charge in [-0.3, -0.25) is 4.79 Å². The van der Waals surface area contributed by atoms with E-state index in [0.29, 0.717) is 6.61 Å². The highest BCUT2D eigenvalue weighted by molar-refractivity contribution is 5.46. The van der Waals surface area contributed by atoms with E-state index in [1.165, 1.54) is 12.3 Å². The highest BCUT2D eigenvalue weighted by Crippen LogP contribution is 2.13. The molecule has 5 nitrogen and oxygen atoms in total. The number of rotatable bonds is 1. The molecule has 1 saturated heterocycles. The minimum absolute atomic E-state index is 0.136. The summed E-state index contributed by atoms with van der Waals surface area (Å²) in [5.74, 6) is 0.810. The number of ether oxygens (including phenoxy) is 1. The van der Waals surface area contributed by atoms with Crippen LogP contribution in [-0.4, -0.2) is 30.8 Å². The molecule has 3 N–H and O–H groups in total. The Labute approximate surface area is 87.8 Å². The van der Waals surface area contributed by atoms with E-state index >= 15 is 0 Å². The number of aromatic nitrogens is 1. The summed E-state index contributed by atoms with van der Waals surface area (Å²) in [6.45, 7) is 4.29. The Morgan fingerprint density at radius 1 is 1.67 bits per heavy atom. The Morgan fingerprint density at radius 2 is 2.47 bits per heavy atom. The minimum Gasteiger partial charge on any atom is -0.394 e. The molecule has 0 saturated carbocycles. The molecule has 1 aliphatic heterocycles. The average molecular weight is 209 g/mol. The molecule has 0 amide bonds. The number of nitrogens with zero attached hydrogens (tertiary/aromatic N) is 1. The number of anilines is 2. The molecule has 0 aliphatic carbocycles. The van der Waals surface area contributed by atoms with Crippen LogP contribution in [-0.2, 0) is 4.74 Å². The van der Waals surface area contributed by atoms with Crippen molar-refractivity contribution in [3.8, 4) is 0 Å². The SMILES string of the molecule is C[C@@H]1CN(c2cc(=O)c(N)c[nH]2)CCO1.